The van der Waals surface area contributed by atoms with Crippen LogP contribution in [0.5, 0.6) is 0 Å². The molecule has 0 spiro atoms. The molecule has 1 saturated heterocycles. The fourth-order valence-electron chi connectivity index (χ4n) is 3.93. The van der Waals surface area contributed by atoms with Crippen molar-refractivity contribution in [1.82, 2.24) is 15.1 Å². The Labute approximate surface area is 168 Å². The van der Waals surface area contributed by atoms with Crippen LogP contribution in [-0.4, -0.2) is 41.3 Å². The quantitative estimate of drug-likeness (QED) is 0.649. The molecule has 2 aliphatic rings. The van der Waals surface area contributed by atoms with E-state index in [0.29, 0.717) is 11.9 Å². The number of benzene rings is 2. The van der Waals surface area contributed by atoms with Gasteiger partial charge in [0.2, 0.25) is 5.89 Å². The number of hydrogen-bond acceptors (Lipinski definition) is 5. The Morgan fingerprint density at radius 3 is 1.86 bits per heavy atom. The van der Waals surface area contributed by atoms with Crippen molar-refractivity contribution in [2.45, 2.75) is 24.8 Å². The topological polar surface area (TPSA) is 45.4 Å². The third-order valence-electron chi connectivity index (χ3n) is 5.68. The summed E-state index contributed by atoms with van der Waals surface area (Å²) >= 11 is 0. The van der Waals surface area contributed by atoms with Gasteiger partial charge in [-0.1, -0.05) is 29.4 Å². The van der Waals surface area contributed by atoms with Crippen LogP contribution in [0.2, 0.25) is 0 Å². The first-order chi connectivity index (χ1) is 14.2. The molecule has 150 valence electrons. The van der Waals surface area contributed by atoms with E-state index in [2.05, 4.69) is 20.0 Å². The SMILES string of the molecule is Fc1ccc(C(c2ccc(F)cc2)N2CCN(c3nnc(C4CC4)o3)CC2)cc1. The van der Waals surface area contributed by atoms with Crippen molar-refractivity contribution >= 4 is 6.01 Å². The average molecular weight is 396 g/mol. The van der Waals surface area contributed by atoms with Gasteiger partial charge in [-0.3, -0.25) is 4.90 Å². The third-order valence-corrected chi connectivity index (χ3v) is 5.68. The number of nitrogens with zero attached hydrogens (tertiary/aromatic N) is 4. The van der Waals surface area contributed by atoms with Crippen LogP contribution in [0.4, 0.5) is 14.8 Å². The van der Waals surface area contributed by atoms with E-state index in [9.17, 15) is 8.78 Å². The molecule has 0 unspecified atom stereocenters. The summed E-state index contributed by atoms with van der Waals surface area (Å²) in [5, 5.41) is 8.39. The molecule has 1 aliphatic carbocycles. The fraction of sp³-hybridized carbons (Fsp3) is 0.364. The van der Waals surface area contributed by atoms with Gasteiger partial charge in [0.25, 0.3) is 0 Å². The van der Waals surface area contributed by atoms with Crippen LogP contribution >= 0.6 is 0 Å². The zero-order valence-corrected chi connectivity index (χ0v) is 16.0. The molecule has 0 atom stereocenters. The second-order valence-corrected chi connectivity index (χ2v) is 7.73. The number of halogens is 2. The summed E-state index contributed by atoms with van der Waals surface area (Å²) in [6.45, 7) is 3.07. The predicted octanol–water partition coefficient (Wildman–Crippen LogP) is 4.14. The molecule has 5 rings (SSSR count). The number of rotatable bonds is 5. The van der Waals surface area contributed by atoms with Gasteiger partial charge in [0.05, 0.1) is 6.04 Å². The lowest BCUT2D eigenvalue weighted by Crippen LogP contribution is -2.48. The van der Waals surface area contributed by atoms with Gasteiger partial charge in [-0.05, 0) is 48.2 Å². The molecule has 0 radical (unpaired) electrons. The molecule has 0 N–H and O–H groups in total. The van der Waals surface area contributed by atoms with E-state index in [1.54, 1.807) is 24.3 Å². The number of aromatic nitrogens is 2. The van der Waals surface area contributed by atoms with E-state index in [1.165, 1.54) is 24.3 Å². The second kappa shape index (κ2) is 7.55. The predicted molar refractivity (Wildman–Crippen MR) is 105 cm³/mol. The Morgan fingerprint density at radius 1 is 0.793 bits per heavy atom. The molecule has 2 fully saturated rings. The number of anilines is 1. The van der Waals surface area contributed by atoms with Crippen molar-refractivity contribution in [3.63, 3.8) is 0 Å². The average Bonchev–Trinajstić information content (AvgIpc) is 3.48. The Hall–Kier alpha value is -2.80. The van der Waals surface area contributed by atoms with Crippen molar-refractivity contribution in [2.24, 2.45) is 0 Å². The summed E-state index contributed by atoms with van der Waals surface area (Å²) in [4.78, 5) is 4.44. The monoisotopic (exact) mass is 396 g/mol. The highest BCUT2D eigenvalue weighted by molar-refractivity contribution is 5.34. The lowest BCUT2D eigenvalue weighted by Gasteiger charge is -2.39. The molecule has 1 aliphatic heterocycles. The van der Waals surface area contributed by atoms with Crippen LogP contribution in [0.1, 0.15) is 41.8 Å². The smallest absolute Gasteiger partial charge is 0.318 e. The Kier molecular flexibility index (Phi) is 4.75. The van der Waals surface area contributed by atoms with Crippen LogP contribution in [-0.2, 0) is 0 Å². The Balaban J connectivity index is 1.35. The van der Waals surface area contributed by atoms with Gasteiger partial charge < -0.3 is 9.32 Å². The Morgan fingerprint density at radius 2 is 1.34 bits per heavy atom. The minimum atomic E-state index is -0.265. The summed E-state index contributed by atoms with van der Waals surface area (Å²) in [5.74, 6) is 0.662. The highest BCUT2D eigenvalue weighted by Gasteiger charge is 2.32. The first-order valence-corrected chi connectivity index (χ1v) is 10.0. The number of hydrogen-bond donors (Lipinski definition) is 0. The standard InChI is InChI=1S/C22H22F2N4O/c23-18-7-3-15(4-8-18)20(16-5-9-19(24)10-6-16)27-11-13-28(14-12-27)22-26-25-21(29-22)17-1-2-17/h3-10,17,20H,1-2,11-14H2. The maximum atomic E-state index is 13.5. The first-order valence-electron chi connectivity index (χ1n) is 10.0. The van der Waals surface area contributed by atoms with Gasteiger partial charge >= 0.3 is 6.01 Å². The molecule has 2 heterocycles. The lowest BCUT2D eigenvalue weighted by molar-refractivity contribution is 0.208. The molecule has 5 nitrogen and oxygen atoms in total. The van der Waals surface area contributed by atoms with Gasteiger partial charge in [0, 0.05) is 32.1 Å². The summed E-state index contributed by atoms with van der Waals surface area (Å²) in [7, 11) is 0. The minimum absolute atomic E-state index is 0.0666. The maximum Gasteiger partial charge on any atom is 0.318 e. The molecule has 0 bridgehead atoms. The zero-order valence-electron chi connectivity index (χ0n) is 16.0. The normalized spacial score (nSPS) is 17.8. The van der Waals surface area contributed by atoms with Crippen LogP contribution in [0.3, 0.4) is 0 Å². The summed E-state index contributed by atoms with van der Waals surface area (Å²) in [6.07, 6.45) is 2.26. The molecular formula is C22H22F2N4O. The largest absolute Gasteiger partial charge is 0.408 e. The summed E-state index contributed by atoms with van der Waals surface area (Å²) in [5.41, 5.74) is 1.97. The van der Waals surface area contributed by atoms with E-state index < -0.39 is 0 Å². The van der Waals surface area contributed by atoms with Gasteiger partial charge in [-0.25, -0.2) is 8.78 Å². The maximum absolute atomic E-state index is 13.5. The number of piperazine rings is 1. The summed E-state index contributed by atoms with van der Waals surface area (Å²) in [6, 6.07) is 13.6. The molecule has 1 aromatic heterocycles. The Bertz CT molecular complexity index is 916. The van der Waals surface area contributed by atoms with Crippen LogP contribution < -0.4 is 4.90 Å². The van der Waals surface area contributed by atoms with Gasteiger partial charge in [0.1, 0.15) is 11.6 Å². The third kappa shape index (κ3) is 3.87. The van der Waals surface area contributed by atoms with Gasteiger partial charge in [-0.2, -0.15) is 0 Å². The minimum Gasteiger partial charge on any atom is -0.408 e. The van der Waals surface area contributed by atoms with Crippen LogP contribution in [0, 0.1) is 11.6 Å². The molecular weight excluding hydrogens is 374 g/mol. The van der Waals surface area contributed by atoms with Crippen LogP contribution in [0.25, 0.3) is 0 Å². The van der Waals surface area contributed by atoms with Gasteiger partial charge in [-0.15, -0.1) is 5.10 Å². The van der Waals surface area contributed by atoms with E-state index in [-0.39, 0.29) is 17.7 Å². The lowest BCUT2D eigenvalue weighted by atomic mass is 9.96. The second-order valence-electron chi connectivity index (χ2n) is 7.73. The van der Waals surface area contributed by atoms with Crippen molar-refractivity contribution in [3.8, 4) is 0 Å². The fourth-order valence-corrected chi connectivity index (χ4v) is 3.93. The molecule has 7 heteroatoms. The van der Waals surface area contributed by atoms with E-state index in [1.807, 2.05) is 0 Å². The summed E-state index contributed by atoms with van der Waals surface area (Å²) < 4.78 is 32.8. The van der Waals surface area contributed by atoms with E-state index in [4.69, 9.17) is 4.42 Å². The highest BCUT2D eigenvalue weighted by Crippen LogP contribution is 2.40. The van der Waals surface area contributed by atoms with Crippen molar-refractivity contribution in [2.75, 3.05) is 31.1 Å². The van der Waals surface area contributed by atoms with E-state index >= 15 is 0 Å². The molecule has 0 amide bonds. The van der Waals surface area contributed by atoms with Crippen molar-refractivity contribution < 1.29 is 13.2 Å². The van der Waals surface area contributed by atoms with Crippen LogP contribution in [0.15, 0.2) is 52.9 Å². The van der Waals surface area contributed by atoms with Gasteiger partial charge in [0.15, 0.2) is 0 Å². The zero-order chi connectivity index (χ0) is 19.8. The molecule has 1 saturated carbocycles. The molecule has 2 aromatic carbocycles. The van der Waals surface area contributed by atoms with Crippen molar-refractivity contribution in [3.05, 3.63) is 77.2 Å². The molecule has 29 heavy (non-hydrogen) atoms. The molecule has 3 aromatic rings. The first kappa shape index (κ1) is 18.2. The van der Waals surface area contributed by atoms with Crippen molar-refractivity contribution in [1.29, 1.82) is 0 Å². The van der Waals surface area contributed by atoms with E-state index in [0.717, 1.165) is 56.0 Å². The highest BCUT2D eigenvalue weighted by atomic mass is 19.1.